The van der Waals surface area contributed by atoms with Crippen LogP contribution in [0.5, 0.6) is 5.75 Å². The molecule has 0 N–H and O–H groups in total. The van der Waals surface area contributed by atoms with Gasteiger partial charge in [-0.2, -0.15) is 0 Å². The lowest BCUT2D eigenvalue weighted by molar-refractivity contribution is -0.0977. The van der Waals surface area contributed by atoms with Gasteiger partial charge in [0.25, 0.3) is 0 Å². The highest BCUT2D eigenvalue weighted by atomic mass is 35.5. The van der Waals surface area contributed by atoms with E-state index in [1.807, 2.05) is 12.1 Å². The molecule has 0 aliphatic carbocycles. The lowest BCUT2D eigenvalue weighted by atomic mass is 9.94. The minimum Gasteiger partial charge on any atom is -0.490 e. The van der Waals surface area contributed by atoms with Crippen LogP contribution in [0.2, 0.25) is 5.02 Å². The molecule has 2 aromatic carbocycles. The minimum atomic E-state index is -0.565. The average molecular weight is 385 g/mol. The Labute approximate surface area is 153 Å². The molecule has 1 unspecified atom stereocenters. The molecule has 2 aliphatic heterocycles. The van der Waals surface area contributed by atoms with E-state index in [-0.39, 0.29) is 23.8 Å². The molecule has 1 saturated heterocycles. The molecule has 2 aromatic rings. The molecule has 0 aromatic heterocycles. The molecule has 0 radical (unpaired) electrons. The molecule has 2 heterocycles. The lowest BCUT2D eigenvalue weighted by Gasteiger charge is -2.35. The number of fused-ring (bicyclic) bond motifs is 1. The van der Waals surface area contributed by atoms with E-state index in [1.54, 1.807) is 12.1 Å². The topological polar surface area (TPSA) is 27.7 Å². The smallest absolute Gasteiger partial charge is 0.165 e. The molecule has 0 amide bonds. The first-order chi connectivity index (χ1) is 12.1. The second-order valence-electron chi connectivity index (χ2n) is 5.85. The molecular formula is C18H15ClF2O3S. The monoisotopic (exact) mass is 384 g/mol. The maximum atomic E-state index is 14.6. The van der Waals surface area contributed by atoms with Crippen molar-refractivity contribution in [3.63, 3.8) is 0 Å². The zero-order chi connectivity index (χ0) is 17.4. The number of rotatable bonds is 3. The Morgan fingerprint density at radius 3 is 2.36 bits per heavy atom. The van der Waals surface area contributed by atoms with Crippen LogP contribution in [0.1, 0.15) is 10.8 Å². The minimum absolute atomic E-state index is 0.0271. The second-order valence-corrected chi connectivity index (χ2v) is 7.50. The van der Waals surface area contributed by atoms with Crippen LogP contribution in [0.3, 0.4) is 0 Å². The van der Waals surface area contributed by atoms with Gasteiger partial charge in [0.1, 0.15) is 5.82 Å². The van der Waals surface area contributed by atoms with E-state index >= 15 is 0 Å². The van der Waals surface area contributed by atoms with Crippen LogP contribution < -0.4 is 4.74 Å². The van der Waals surface area contributed by atoms with E-state index in [4.69, 9.17) is 25.8 Å². The van der Waals surface area contributed by atoms with Crippen LogP contribution in [0.25, 0.3) is 0 Å². The Hall–Kier alpha value is -1.34. The zero-order valence-corrected chi connectivity index (χ0v) is 14.7. The van der Waals surface area contributed by atoms with Crippen molar-refractivity contribution in [2.24, 2.45) is 5.92 Å². The summed E-state index contributed by atoms with van der Waals surface area (Å²) in [6.07, 6.45) is -0.499. The molecule has 0 spiro atoms. The first-order valence-corrected chi connectivity index (χ1v) is 9.15. The Balaban J connectivity index is 1.74. The largest absolute Gasteiger partial charge is 0.490 e. The Bertz CT molecular complexity index is 766. The van der Waals surface area contributed by atoms with Gasteiger partial charge in [-0.3, -0.25) is 0 Å². The number of hydrogen-bond acceptors (Lipinski definition) is 4. The number of benzene rings is 2. The van der Waals surface area contributed by atoms with E-state index in [0.717, 1.165) is 17.0 Å². The molecule has 25 heavy (non-hydrogen) atoms. The number of ether oxygens (including phenoxy) is 3. The van der Waals surface area contributed by atoms with Crippen LogP contribution in [0.15, 0.2) is 41.3 Å². The summed E-state index contributed by atoms with van der Waals surface area (Å²) in [6, 6.07) is 9.46. The SMILES string of the molecule is Fc1ccc(F)c2c1OC[C@@H](C1OCCO1)C2Sc1ccc(Cl)cc1. The molecule has 4 rings (SSSR count). The normalized spacial score (nSPS) is 23.3. The highest BCUT2D eigenvalue weighted by Gasteiger charge is 2.42. The second kappa shape index (κ2) is 7.11. The summed E-state index contributed by atoms with van der Waals surface area (Å²) >= 11 is 7.36. The Morgan fingerprint density at radius 1 is 0.960 bits per heavy atom. The molecule has 0 saturated carbocycles. The molecule has 132 valence electrons. The highest BCUT2D eigenvalue weighted by Crippen LogP contribution is 2.50. The van der Waals surface area contributed by atoms with Crippen molar-refractivity contribution in [3.05, 3.63) is 58.6 Å². The van der Waals surface area contributed by atoms with Gasteiger partial charge in [-0.1, -0.05) is 11.6 Å². The predicted octanol–water partition coefficient (Wildman–Crippen LogP) is 4.83. The van der Waals surface area contributed by atoms with Gasteiger partial charge in [0, 0.05) is 15.5 Å². The van der Waals surface area contributed by atoms with E-state index in [0.29, 0.717) is 18.2 Å². The fraction of sp³-hybridized carbons (Fsp3) is 0.333. The number of thioether (sulfide) groups is 1. The molecular weight excluding hydrogens is 370 g/mol. The fourth-order valence-electron chi connectivity index (χ4n) is 3.09. The van der Waals surface area contributed by atoms with Crippen molar-refractivity contribution in [2.75, 3.05) is 19.8 Å². The van der Waals surface area contributed by atoms with Crippen LogP contribution in [0, 0.1) is 17.6 Å². The summed E-state index contributed by atoms with van der Waals surface area (Å²) in [4.78, 5) is 0.897. The van der Waals surface area contributed by atoms with Gasteiger partial charge in [-0.15, -0.1) is 11.8 Å². The quantitative estimate of drug-likeness (QED) is 0.757. The Kier molecular flexibility index (Phi) is 4.86. The number of hydrogen-bond donors (Lipinski definition) is 0. The van der Waals surface area contributed by atoms with Crippen LogP contribution in [-0.2, 0) is 9.47 Å². The molecule has 1 fully saturated rings. The zero-order valence-electron chi connectivity index (χ0n) is 13.1. The summed E-state index contributed by atoms with van der Waals surface area (Å²) in [5, 5.41) is 0.219. The van der Waals surface area contributed by atoms with Gasteiger partial charge in [-0.05, 0) is 36.4 Å². The van der Waals surface area contributed by atoms with Crippen molar-refractivity contribution in [2.45, 2.75) is 16.4 Å². The maximum Gasteiger partial charge on any atom is 0.165 e. The molecule has 2 aliphatic rings. The number of halogens is 3. The maximum absolute atomic E-state index is 14.6. The summed E-state index contributed by atoms with van der Waals surface area (Å²) in [7, 11) is 0. The Morgan fingerprint density at radius 2 is 1.64 bits per heavy atom. The van der Waals surface area contributed by atoms with E-state index < -0.39 is 23.2 Å². The first kappa shape index (κ1) is 17.1. The standard InChI is InChI=1S/C18H15ClF2O3S/c19-10-1-3-11(4-2-10)25-17-12(18-22-7-8-23-18)9-24-16-14(21)6-5-13(20)15(16)17/h1-6,12,17-18H,7-9H2/t12-,17?/m1/s1. The lowest BCUT2D eigenvalue weighted by Crippen LogP contribution is -2.35. The molecule has 2 atom stereocenters. The van der Waals surface area contributed by atoms with Crippen molar-refractivity contribution < 1.29 is 23.0 Å². The van der Waals surface area contributed by atoms with Crippen molar-refractivity contribution >= 4 is 23.4 Å². The van der Waals surface area contributed by atoms with Gasteiger partial charge in [0.15, 0.2) is 17.9 Å². The van der Waals surface area contributed by atoms with Gasteiger partial charge in [0.2, 0.25) is 0 Å². The summed E-state index contributed by atoms with van der Waals surface area (Å²) in [6.45, 7) is 1.17. The molecule has 0 bridgehead atoms. The van der Waals surface area contributed by atoms with Crippen LogP contribution >= 0.6 is 23.4 Å². The van der Waals surface area contributed by atoms with Crippen LogP contribution in [-0.4, -0.2) is 26.1 Å². The van der Waals surface area contributed by atoms with Gasteiger partial charge in [-0.25, -0.2) is 8.78 Å². The summed E-state index contributed by atoms with van der Waals surface area (Å²) in [5.74, 6) is -1.34. The third kappa shape index (κ3) is 3.36. The molecule has 3 nitrogen and oxygen atoms in total. The van der Waals surface area contributed by atoms with E-state index in [1.165, 1.54) is 11.8 Å². The van der Waals surface area contributed by atoms with Gasteiger partial charge >= 0.3 is 0 Å². The average Bonchev–Trinajstić information content (AvgIpc) is 3.14. The van der Waals surface area contributed by atoms with Gasteiger partial charge in [0.05, 0.1) is 31.0 Å². The predicted molar refractivity (Wildman–Crippen MR) is 91.1 cm³/mol. The van der Waals surface area contributed by atoms with Crippen molar-refractivity contribution in [1.29, 1.82) is 0 Å². The fourth-order valence-corrected chi connectivity index (χ4v) is 4.52. The van der Waals surface area contributed by atoms with Crippen LogP contribution in [0.4, 0.5) is 8.78 Å². The van der Waals surface area contributed by atoms with Crippen molar-refractivity contribution in [3.8, 4) is 5.75 Å². The third-order valence-corrected chi connectivity index (χ3v) is 5.90. The first-order valence-electron chi connectivity index (χ1n) is 7.89. The molecule has 7 heteroatoms. The highest BCUT2D eigenvalue weighted by molar-refractivity contribution is 7.99. The summed E-state index contributed by atoms with van der Waals surface area (Å²) in [5.41, 5.74) is 0.218. The summed E-state index contributed by atoms with van der Waals surface area (Å²) < 4.78 is 45.5. The van der Waals surface area contributed by atoms with E-state index in [9.17, 15) is 8.78 Å². The van der Waals surface area contributed by atoms with Gasteiger partial charge < -0.3 is 14.2 Å². The van der Waals surface area contributed by atoms with E-state index in [2.05, 4.69) is 0 Å². The van der Waals surface area contributed by atoms with Crippen molar-refractivity contribution in [1.82, 2.24) is 0 Å². The third-order valence-electron chi connectivity index (χ3n) is 4.26.